The summed E-state index contributed by atoms with van der Waals surface area (Å²) >= 11 is 0. The highest BCUT2D eigenvalue weighted by Gasteiger charge is 2.24. The van der Waals surface area contributed by atoms with Crippen molar-refractivity contribution >= 4 is 6.03 Å². The molecule has 27 heavy (non-hydrogen) atoms. The van der Waals surface area contributed by atoms with Gasteiger partial charge in [-0.25, -0.2) is 9.18 Å². The zero-order valence-corrected chi connectivity index (χ0v) is 15.9. The molecule has 1 atom stereocenters. The third-order valence-corrected chi connectivity index (χ3v) is 5.07. The van der Waals surface area contributed by atoms with E-state index in [4.69, 9.17) is 0 Å². The lowest BCUT2D eigenvalue weighted by Gasteiger charge is -2.29. The smallest absolute Gasteiger partial charge is 0.317 e. The molecule has 6 nitrogen and oxygen atoms in total. The van der Waals surface area contributed by atoms with Crippen LogP contribution in [0.5, 0.6) is 0 Å². The van der Waals surface area contributed by atoms with Gasteiger partial charge in [-0.3, -0.25) is 9.58 Å². The zero-order chi connectivity index (χ0) is 19.1. The lowest BCUT2D eigenvalue weighted by molar-refractivity contribution is 0.195. The first-order valence-corrected chi connectivity index (χ1v) is 9.59. The average molecular weight is 373 g/mol. The van der Waals surface area contributed by atoms with Crippen LogP contribution in [0.1, 0.15) is 30.9 Å². The van der Waals surface area contributed by atoms with E-state index in [-0.39, 0.29) is 17.9 Å². The minimum atomic E-state index is -0.236. The van der Waals surface area contributed by atoms with Gasteiger partial charge in [0.15, 0.2) is 0 Å². The summed E-state index contributed by atoms with van der Waals surface area (Å²) in [6.07, 6.45) is 6.85. The summed E-state index contributed by atoms with van der Waals surface area (Å²) in [5, 5.41) is 7.21. The Labute approximate surface area is 160 Å². The number of urea groups is 1. The molecule has 2 amide bonds. The molecule has 1 aliphatic heterocycles. The van der Waals surface area contributed by atoms with E-state index in [1.807, 2.05) is 29.1 Å². The summed E-state index contributed by atoms with van der Waals surface area (Å²) in [6, 6.07) is 8.50. The Balaban J connectivity index is 1.51. The predicted molar refractivity (Wildman–Crippen MR) is 103 cm³/mol. The molecule has 0 saturated carbocycles. The van der Waals surface area contributed by atoms with Crippen molar-refractivity contribution in [3.8, 4) is 0 Å². The molecular formula is C20H28FN5O. The van der Waals surface area contributed by atoms with Crippen LogP contribution in [0.25, 0.3) is 0 Å². The van der Waals surface area contributed by atoms with Crippen molar-refractivity contribution in [2.45, 2.75) is 31.8 Å². The minimum absolute atomic E-state index is 0.0783. The first-order valence-electron chi connectivity index (χ1n) is 9.59. The molecule has 2 aromatic rings. The second kappa shape index (κ2) is 9.50. The summed E-state index contributed by atoms with van der Waals surface area (Å²) in [7, 11) is 1.81. The fourth-order valence-electron chi connectivity index (χ4n) is 3.52. The molecule has 0 unspecified atom stereocenters. The molecule has 3 rings (SSSR count). The van der Waals surface area contributed by atoms with Gasteiger partial charge in [0, 0.05) is 39.1 Å². The highest BCUT2D eigenvalue weighted by Crippen LogP contribution is 2.24. The van der Waals surface area contributed by atoms with E-state index in [2.05, 4.69) is 15.3 Å². The van der Waals surface area contributed by atoms with Gasteiger partial charge in [0.25, 0.3) is 0 Å². The second-order valence-electron chi connectivity index (χ2n) is 7.04. The number of halogens is 1. The van der Waals surface area contributed by atoms with E-state index >= 15 is 0 Å². The Bertz CT molecular complexity index is 698. The molecule has 0 radical (unpaired) electrons. The third-order valence-electron chi connectivity index (χ3n) is 5.07. The van der Waals surface area contributed by atoms with Gasteiger partial charge < -0.3 is 10.2 Å². The SMILES string of the molecule is CN(CCCn1cccn1)C(=O)NC[C@@H](c1ccc(F)cc1)N1CCCC1. The summed E-state index contributed by atoms with van der Waals surface area (Å²) in [5.41, 5.74) is 1.04. The normalized spacial score (nSPS) is 15.6. The fraction of sp³-hybridized carbons (Fsp3) is 0.500. The maximum atomic E-state index is 13.3. The Morgan fingerprint density at radius 1 is 1.30 bits per heavy atom. The van der Waals surface area contributed by atoms with E-state index in [1.54, 1.807) is 18.1 Å². The van der Waals surface area contributed by atoms with Crippen molar-refractivity contribution < 1.29 is 9.18 Å². The predicted octanol–water partition coefficient (Wildman–Crippen LogP) is 2.89. The monoisotopic (exact) mass is 373 g/mol. The fourth-order valence-corrected chi connectivity index (χ4v) is 3.52. The summed E-state index contributed by atoms with van der Waals surface area (Å²) in [5.74, 6) is -0.236. The molecule has 1 fully saturated rings. The molecule has 1 aliphatic rings. The molecule has 1 N–H and O–H groups in total. The van der Waals surface area contributed by atoms with Crippen molar-refractivity contribution in [1.29, 1.82) is 0 Å². The van der Waals surface area contributed by atoms with Crippen LogP contribution < -0.4 is 5.32 Å². The number of rotatable bonds is 8. The molecule has 1 aromatic heterocycles. The topological polar surface area (TPSA) is 53.4 Å². The number of carbonyl (C=O) groups excluding carboxylic acids is 1. The highest BCUT2D eigenvalue weighted by molar-refractivity contribution is 5.73. The number of hydrogen-bond donors (Lipinski definition) is 1. The van der Waals surface area contributed by atoms with Crippen LogP contribution in [-0.4, -0.2) is 58.8 Å². The Hall–Kier alpha value is -2.41. The lowest BCUT2D eigenvalue weighted by Crippen LogP contribution is -2.42. The number of nitrogens with zero attached hydrogens (tertiary/aromatic N) is 4. The van der Waals surface area contributed by atoms with Gasteiger partial charge in [-0.15, -0.1) is 0 Å². The van der Waals surface area contributed by atoms with Gasteiger partial charge in [0.2, 0.25) is 0 Å². The van der Waals surface area contributed by atoms with Crippen molar-refractivity contribution in [2.24, 2.45) is 0 Å². The Morgan fingerprint density at radius 3 is 2.70 bits per heavy atom. The van der Waals surface area contributed by atoms with E-state index in [0.717, 1.165) is 31.6 Å². The number of nitrogens with one attached hydrogen (secondary N) is 1. The second-order valence-corrected chi connectivity index (χ2v) is 7.04. The maximum absolute atomic E-state index is 13.3. The number of hydrogen-bond acceptors (Lipinski definition) is 3. The average Bonchev–Trinajstić information content (AvgIpc) is 3.37. The number of aryl methyl sites for hydroxylation is 1. The number of benzene rings is 1. The van der Waals surface area contributed by atoms with Gasteiger partial charge >= 0.3 is 6.03 Å². The van der Waals surface area contributed by atoms with Crippen molar-refractivity contribution in [1.82, 2.24) is 24.9 Å². The van der Waals surface area contributed by atoms with Crippen LogP contribution >= 0.6 is 0 Å². The van der Waals surface area contributed by atoms with Gasteiger partial charge in [-0.2, -0.15) is 5.10 Å². The van der Waals surface area contributed by atoms with Crippen molar-refractivity contribution in [2.75, 3.05) is 33.2 Å². The summed E-state index contributed by atoms with van der Waals surface area (Å²) in [4.78, 5) is 16.5. The molecule has 2 heterocycles. The number of carbonyl (C=O) groups is 1. The van der Waals surface area contributed by atoms with Crippen molar-refractivity contribution in [3.05, 3.63) is 54.1 Å². The Kier molecular flexibility index (Phi) is 6.81. The van der Waals surface area contributed by atoms with Gasteiger partial charge in [0.1, 0.15) is 5.82 Å². The van der Waals surface area contributed by atoms with Crippen LogP contribution in [0.3, 0.4) is 0 Å². The van der Waals surface area contributed by atoms with Crippen LogP contribution in [0.2, 0.25) is 0 Å². The standard InChI is InChI=1S/C20H28FN5O/c1-24(11-5-15-26-14-4-10-23-26)20(27)22-16-19(25-12-2-3-13-25)17-6-8-18(21)9-7-17/h4,6-10,14,19H,2-3,5,11-13,15-16H2,1H3,(H,22,27)/t19-/m0/s1. The van der Waals surface area contributed by atoms with E-state index in [9.17, 15) is 9.18 Å². The zero-order valence-electron chi connectivity index (χ0n) is 15.9. The third kappa shape index (κ3) is 5.53. The minimum Gasteiger partial charge on any atom is -0.336 e. The van der Waals surface area contributed by atoms with E-state index in [0.29, 0.717) is 13.1 Å². The molecule has 0 bridgehead atoms. The van der Waals surface area contributed by atoms with Gasteiger partial charge in [-0.1, -0.05) is 12.1 Å². The van der Waals surface area contributed by atoms with Crippen LogP contribution in [0.15, 0.2) is 42.7 Å². The first kappa shape index (κ1) is 19.4. The number of aromatic nitrogens is 2. The first-order chi connectivity index (χ1) is 13.1. The van der Waals surface area contributed by atoms with Crippen LogP contribution in [-0.2, 0) is 6.54 Å². The Morgan fingerprint density at radius 2 is 2.04 bits per heavy atom. The molecular weight excluding hydrogens is 345 g/mol. The summed E-state index contributed by atoms with van der Waals surface area (Å²) in [6.45, 7) is 4.00. The van der Waals surface area contributed by atoms with E-state index in [1.165, 1.54) is 25.0 Å². The van der Waals surface area contributed by atoms with Gasteiger partial charge in [0.05, 0.1) is 6.04 Å². The van der Waals surface area contributed by atoms with Gasteiger partial charge in [-0.05, 0) is 56.1 Å². The molecule has 7 heteroatoms. The van der Waals surface area contributed by atoms with Crippen LogP contribution in [0.4, 0.5) is 9.18 Å². The lowest BCUT2D eigenvalue weighted by atomic mass is 10.1. The summed E-state index contributed by atoms with van der Waals surface area (Å²) < 4.78 is 15.1. The molecule has 0 spiro atoms. The van der Waals surface area contributed by atoms with Crippen molar-refractivity contribution in [3.63, 3.8) is 0 Å². The number of amides is 2. The highest BCUT2D eigenvalue weighted by atomic mass is 19.1. The quantitative estimate of drug-likeness (QED) is 0.774. The largest absolute Gasteiger partial charge is 0.336 e. The molecule has 0 aliphatic carbocycles. The van der Waals surface area contributed by atoms with E-state index < -0.39 is 0 Å². The molecule has 1 aromatic carbocycles. The number of likely N-dealkylation sites (tertiary alicyclic amines) is 1. The maximum Gasteiger partial charge on any atom is 0.317 e. The van der Waals surface area contributed by atoms with Crippen LogP contribution in [0, 0.1) is 5.82 Å². The molecule has 146 valence electrons. The molecule has 1 saturated heterocycles.